The van der Waals surface area contributed by atoms with E-state index in [9.17, 15) is 9.59 Å². The molecule has 16 heavy (non-hydrogen) atoms. The second kappa shape index (κ2) is 5.95. The van der Waals surface area contributed by atoms with E-state index in [1.807, 2.05) is 6.92 Å². The van der Waals surface area contributed by atoms with Gasteiger partial charge in [-0.3, -0.25) is 9.59 Å². The molecule has 88 valence electrons. The van der Waals surface area contributed by atoms with Crippen molar-refractivity contribution in [3.05, 3.63) is 23.7 Å². The lowest BCUT2D eigenvalue weighted by Gasteiger charge is -2.05. The zero-order valence-electron chi connectivity index (χ0n) is 9.50. The third-order valence-electron chi connectivity index (χ3n) is 2.09. The summed E-state index contributed by atoms with van der Waals surface area (Å²) in [5, 5.41) is 5.19. The maximum atomic E-state index is 11.6. The molecule has 1 aromatic heterocycles. The van der Waals surface area contributed by atoms with Crippen LogP contribution >= 0.6 is 0 Å². The summed E-state index contributed by atoms with van der Waals surface area (Å²) in [6, 6.07) is 1.58. The predicted molar refractivity (Wildman–Crippen MR) is 59.1 cm³/mol. The molecule has 2 amide bonds. The van der Waals surface area contributed by atoms with E-state index in [-0.39, 0.29) is 18.4 Å². The fourth-order valence-corrected chi connectivity index (χ4v) is 1.20. The molecule has 1 rings (SSSR count). The first-order valence-electron chi connectivity index (χ1n) is 5.24. The monoisotopic (exact) mass is 224 g/mol. The molecule has 2 N–H and O–H groups in total. The van der Waals surface area contributed by atoms with Crippen molar-refractivity contribution < 1.29 is 14.0 Å². The lowest BCUT2D eigenvalue weighted by Crippen LogP contribution is -2.37. The second-order valence-electron chi connectivity index (χ2n) is 3.42. The smallest absolute Gasteiger partial charge is 0.255 e. The van der Waals surface area contributed by atoms with Crippen LogP contribution < -0.4 is 10.6 Å². The minimum Gasteiger partial charge on any atom is -0.469 e. The Morgan fingerprint density at radius 3 is 2.69 bits per heavy atom. The molecule has 5 nitrogen and oxygen atoms in total. The highest BCUT2D eigenvalue weighted by molar-refractivity contribution is 5.97. The number of carbonyl (C=O) groups excluding carboxylic acids is 2. The van der Waals surface area contributed by atoms with E-state index >= 15 is 0 Å². The summed E-state index contributed by atoms with van der Waals surface area (Å²) in [4.78, 5) is 22.8. The normalized spacial score (nSPS) is 9.88. The van der Waals surface area contributed by atoms with Crippen LogP contribution in [-0.4, -0.2) is 24.9 Å². The summed E-state index contributed by atoms with van der Waals surface area (Å²) in [6.07, 6.45) is 2.32. The first kappa shape index (κ1) is 12.3. The zero-order valence-corrected chi connectivity index (χ0v) is 9.50. The molecule has 0 aromatic carbocycles. The summed E-state index contributed by atoms with van der Waals surface area (Å²) in [5.41, 5.74) is 0.461. The Bertz CT molecular complexity index is 371. The summed E-state index contributed by atoms with van der Waals surface area (Å²) in [7, 11) is 0. The van der Waals surface area contributed by atoms with Crippen molar-refractivity contribution in [2.24, 2.45) is 0 Å². The van der Waals surface area contributed by atoms with Crippen LogP contribution in [-0.2, 0) is 4.79 Å². The van der Waals surface area contributed by atoms with Crippen LogP contribution in [0.3, 0.4) is 0 Å². The summed E-state index contributed by atoms with van der Waals surface area (Å²) in [5.74, 6) is 0.0701. The van der Waals surface area contributed by atoms with Gasteiger partial charge in [-0.2, -0.15) is 0 Å². The fourth-order valence-electron chi connectivity index (χ4n) is 1.20. The highest BCUT2D eigenvalue weighted by atomic mass is 16.3. The number of nitrogens with one attached hydrogen (secondary N) is 2. The average molecular weight is 224 g/mol. The number of amides is 2. The van der Waals surface area contributed by atoms with Gasteiger partial charge in [0.05, 0.1) is 18.4 Å². The van der Waals surface area contributed by atoms with E-state index in [2.05, 4.69) is 10.6 Å². The van der Waals surface area contributed by atoms with Gasteiger partial charge in [-0.05, 0) is 19.4 Å². The predicted octanol–water partition coefficient (Wildman–Crippen LogP) is 0.844. The summed E-state index contributed by atoms with van der Waals surface area (Å²) < 4.78 is 5.00. The first-order valence-corrected chi connectivity index (χ1v) is 5.24. The van der Waals surface area contributed by atoms with Crippen molar-refractivity contribution in [2.75, 3.05) is 13.1 Å². The Balaban J connectivity index is 2.36. The molecule has 0 radical (unpaired) electrons. The van der Waals surface area contributed by atoms with E-state index < -0.39 is 0 Å². The van der Waals surface area contributed by atoms with Crippen LogP contribution in [0.1, 0.15) is 29.5 Å². The van der Waals surface area contributed by atoms with Gasteiger partial charge in [0.1, 0.15) is 5.76 Å². The van der Waals surface area contributed by atoms with E-state index in [4.69, 9.17) is 4.42 Å². The highest BCUT2D eigenvalue weighted by Gasteiger charge is 2.11. The van der Waals surface area contributed by atoms with E-state index in [1.54, 1.807) is 13.0 Å². The van der Waals surface area contributed by atoms with Crippen molar-refractivity contribution in [3.8, 4) is 0 Å². The van der Waals surface area contributed by atoms with Crippen LogP contribution in [0.5, 0.6) is 0 Å². The Morgan fingerprint density at radius 1 is 1.38 bits per heavy atom. The van der Waals surface area contributed by atoms with Gasteiger partial charge in [-0.15, -0.1) is 0 Å². The molecule has 1 aromatic rings. The number of hydrogen-bond acceptors (Lipinski definition) is 3. The number of carbonyl (C=O) groups is 2. The molecule has 0 saturated carbocycles. The van der Waals surface area contributed by atoms with E-state index in [0.29, 0.717) is 17.9 Å². The Morgan fingerprint density at radius 2 is 2.12 bits per heavy atom. The molecule has 0 aliphatic carbocycles. The molecule has 0 saturated heterocycles. The number of hydrogen-bond donors (Lipinski definition) is 2. The van der Waals surface area contributed by atoms with Gasteiger partial charge >= 0.3 is 0 Å². The van der Waals surface area contributed by atoms with Gasteiger partial charge in [0, 0.05) is 6.54 Å². The van der Waals surface area contributed by atoms with Crippen molar-refractivity contribution in [2.45, 2.75) is 20.3 Å². The van der Waals surface area contributed by atoms with Crippen molar-refractivity contribution in [1.29, 1.82) is 0 Å². The quantitative estimate of drug-likeness (QED) is 0.778. The molecular formula is C11H16N2O3. The minimum absolute atomic E-state index is 0.0105. The molecule has 5 heteroatoms. The maximum Gasteiger partial charge on any atom is 0.255 e. The topological polar surface area (TPSA) is 71.3 Å². The zero-order chi connectivity index (χ0) is 12.0. The number of rotatable bonds is 5. The molecule has 0 bridgehead atoms. The second-order valence-corrected chi connectivity index (χ2v) is 3.42. The molecule has 0 fully saturated rings. The van der Waals surface area contributed by atoms with Gasteiger partial charge in [-0.25, -0.2) is 0 Å². The third kappa shape index (κ3) is 3.42. The Hall–Kier alpha value is -1.78. The van der Waals surface area contributed by atoms with Gasteiger partial charge in [0.2, 0.25) is 5.91 Å². The van der Waals surface area contributed by atoms with Crippen LogP contribution in [0.2, 0.25) is 0 Å². The van der Waals surface area contributed by atoms with E-state index in [1.165, 1.54) is 6.26 Å². The maximum absolute atomic E-state index is 11.6. The van der Waals surface area contributed by atoms with Crippen molar-refractivity contribution in [3.63, 3.8) is 0 Å². The molecule has 0 unspecified atom stereocenters. The SMILES string of the molecule is CCCNC(=O)CNC(=O)c1ccoc1C. The first-order chi connectivity index (χ1) is 7.65. The van der Waals surface area contributed by atoms with Crippen molar-refractivity contribution in [1.82, 2.24) is 10.6 Å². The van der Waals surface area contributed by atoms with Gasteiger partial charge in [-0.1, -0.05) is 6.92 Å². The molecular weight excluding hydrogens is 208 g/mol. The van der Waals surface area contributed by atoms with Crippen LogP contribution in [0, 0.1) is 6.92 Å². The standard InChI is InChI=1S/C11H16N2O3/c1-3-5-12-10(14)7-13-11(15)9-4-6-16-8(9)2/h4,6H,3,5,7H2,1-2H3,(H,12,14)(H,13,15). The molecule has 0 aliphatic rings. The lowest BCUT2D eigenvalue weighted by molar-refractivity contribution is -0.120. The molecule has 0 spiro atoms. The summed E-state index contributed by atoms with van der Waals surface area (Å²) in [6.45, 7) is 4.28. The van der Waals surface area contributed by atoms with Gasteiger partial charge in [0.25, 0.3) is 5.91 Å². The highest BCUT2D eigenvalue weighted by Crippen LogP contribution is 2.07. The minimum atomic E-state index is -0.294. The Kier molecular flexibility index (Phi) is 4.57. The van der Waals surface area contributed by atoms with Crippen molar-refractivity contribution >= 4 is 11.8 Å². The molecule has 0 atom stereocenters. The molecule has 1 heterocycles. The summed E-state index contributed by atoms with van der Waals surface area (Å²) >= 11 is 0. The van der Waals surface area contributed by atoms with Crippen LogP contribution in [0.25, 0.3) is 0 Å². The van der Waals surface area contributed by atoms with Gasteiger partial charge < -0.3 is 15.1 Å². The van der Waals surface area contributed by atoms with E-state index in [0.717, 1.165) is 6.42 Å². The number of furan rings is 1. The fraction of sp³-hybridized carbons (Fsp3) is 0.455. The van der Waals surface area contributed by atoms with Crippen LogP contribution in [0.4, 0.5) is 0 Å². The third-order valence-corrected chi connectivity index (χ3v) is 2.09. The lowest BCUT2D eigenvalue weighted by atomic mass is 10.2. The average Bonchev–Trinajstić information content (AvgIpc) is 2.69. The molecule has 0 aliphatic heterocycles. The Labute approximate surface area is 94.2 Å². The number of aryl methyl sites for hydroxylation is 1. The largest absolute Gasteiger partial charge is 0.469 e. The van der Waals surface area contributed by atoms with Crippen LogP contribution in [0.15, 0.2) is 16.7 Å². The van der Waals surface area contributed by atoms with Gasteiger partial charge in [0.15, 0.2) is 0 Å².